The number of carbonyl (C=O) groups is 1. The summed E-state index contributed by atoms with van der Waals surface area (Å²) in [6, 6.07) is 0. The molecule has 0 amide bonds. The van der Waals surface area contributed by atoms with Gasteiger partial charge in [0.15, 0.2) is 4.84 Å². The third-order valence-corrected chi connectivity index (χ3v) is 2.45. The van der Waals surface area contributed by atoms with E-state index in [1.807, 2.05) is 19.6 Å². The Balaban J connectivity index is 4.26. The molecule has 0 fully saturated rings. The minimum absolute atomic E-state index is 0.0718. The predicted octanol–water partition coefficient (Wildman–Crippen LogP) is 3.29. The summed E-state index contributed by atoms with van der Waals surface area (Å²) in [6.45, 7) is 5.91. The SMILES string of the molecule is C[Si](C)(C)O/C=C(\Cl)C(=O)C(Cl)Cl. The molecular formula is C7H11Cl3O2Si. The zero-order chi connectivity index (χ0) is 10.6. The minimum Gasteiger partial charge on any atom is -0.548 e. The number of alkyl halides is 2. The van der Waals surface area contributed by atoms with E-state index < -0.39 is 18.9 Å². The molecule has 0 atom stereocenters. The molecule has 76 valence electrons. The molecule has 0 rings (SSSR count). The summed E-state index contributed by atoms with van der Waals surface area (Å²) in [5.74, 6) is -0.539. The van der Waals surface area contributed by atoms with Crippen LogP contribution in [0.2, 0.25) is 19.6 Å². The van der Waals surface area contributed by atoms with Gasteiger partial charge in [-0.2, -0.15) is 0 Å². The number of Topliss-reactive ketones (excluding diaryl/α,β-unsaturated/α-hetero) is 1. The number of rotatable bonds is 4. The van der Waals surface area contributed by atoms with E-state index in [4.69, 9.17) is 39.2 Å². The van der Waals surface area contributed by atoms with Crippen molar-refractivity contribution >= 4 is 48.9 Å². The largest absolute Gasteiger partial charge is 0.548 e. The summed E-state index contributed by atoms with van der Waals surface area (Å²) in [5, 5.41) is -0.0718. The number of hydrogen-bond acceptors (Lipinski definition) is 2. The molecule has 0 aromatic heterocycles. The van der Waals surface area contributed by atoms with Crippen molar-refractivity contribution in [1.29, 1.82) is 0 Å². The van der Waals surface area contributed by atoms with Crippen LogP contribution < -0.4 is 0 Å². The van der Waals surface area contributed by atoms with Gasteiger partial charge in [-0.3, -0.25) is 4.79 Å². The van der Waals surface area contributed by atoms with E-state index >= 15 is 0 Å². The molecule has 13 heavy (non-hydrogen) atoms. The van der Waals surface area contributed by atoms with Crippen LogP contribution in [0.4, 0.5) is 0 Å². The summed E-state index contributed by atoms with van der Waals surface area (Å²) >= 11 is 16.2. The zero-order valence-electron chi connectivity index (χ0n) is 7.61. The molecule has 0 unspecified atom stereocenters. The van der Waals surface area contributed by atoms with Crippen molar-refractivity contribution in [1.82, 2.24) is 0 Å². The average Bonchev–Trinajstić information content (AvgIpc) is 1.97. The first-order valence-electron chi connectivity index (χ1n) is 3.60. The Hall–Kier alpha value is 0.297. The van der Waals surface area contributed by atoms with Gasteiger partial charge in [0.2, 0.25) is 14.1 Å². The fraction of sp³-hybridized carbons (Fsp3) is 0.571. The average molecular weight is 262 g/mol. The Morgan fingerprint density at radius 1 is 1.38 bits per heavy atom. The molecule has 0 saturated carbocycles. The first-order chi connectivity index (χ1) is 5.74. The maximum absolute atomic E-state index is 11.0. The van der Waals surface area contributed by atoms with Crippen LogP contribution in [-0.2, 0) is 9.22 Å². The van der Waals surface area contributed by atoms with E-state index in [0.717, 1.165) is 0 Å². The Labute approximate surface area is 93.9 Å². The van der Waals surface area contributed by atoms with Crippen molar-refractivity contribution in [3.05, 3.63) is 11.3 Å². The standard InChI is InChI=1S/C7H11Cl3O2Si/c1-13(2,3)12-4-5(8)6(11)7(9)10/h4,7H,1-3H3/b5-4-. The molecule has 6 heteroatoms. The fourth-order valence-electron chi connectivity index (χ4n) is 0.391. The van der Waals surface area contributed by atoms with Crippen LogP contribution in [0.3, 0.4) is 0 Å². The molecular weight excluding hydrogens is 251 g/mol. The molecule has 0 aromatic carbocycles. The zero-order valence-corrected chi connectivity index (χ0v) is 10.9. The van der Waals surface area contributed by atoms with Gasteiger partial charge < -0.3 is 4.43 Å². The quantitative estimate of drug-likeness (QED) is 0.336. The van der Waals surface area contributed by atoms with Crippen molar-refractivity contribution < 1.29 is 9.22 Å². The van der Waals surface area contributed by atoms with Crippen molar-refractivity contribution in [2.24, 2.45) is 0 Å². The van der Waals surface area contributed by atoms with E-state index in [1.165, 1.54) is 6.26 Å². The van der Waals surface area contributed by atoms with Gasteiger partial charge in [-0.15, -0.1) is 0 Å². The first kappa shape index (κ1) is 13.3. The highest BCUT2D eigenvalue weighted by molar-refractivity contribution is 6.70. The summed E-state index contributed by atoms with van der Waals surface area (Å²) < 4.78 is 5.27. The van der Waals surface area contributed by atoms with Crippen LogP contribution in [0.1, 0.15) is 0 Å². The van der Waals surface area contributed by atoms with Gasteiger partial charge in [-0.1, -0.05) is 34.8 Å². The number of allylic oxidation sites excluding steroid dienone is 1. The highest BCUT2D eigenvalue weighted by Gasteiger charge is 2.18. The number of halogens is 3. The molecule has 0 bridgehead atoms. The minimum atomic E-state index is -1.70. The Kier molecular flexibility index (Phi) is 5.37. The molecule has 0 saturated heterocycles. The number of hydrogen-bond donors (Lipinski definition) is 0. The molecule has 0 aromatic rings. The summed E-state index contributed by atoms with van der Waals surface area (Å²) in [4.78, 5) is 9.90. The molecule has 0 aliphatic rings. The van der Waals surface area contributed by atoms with Crippen LogP contribution >= 0.6 is 34.8 Å². The lowest BCUT2D eigenvalue weighted by Gasteiger charge is -2.15. The second-order valence-electron chi connectivity index (χ2n) is 3.36. The van der Waals surface area contributed by atoms with Crippen LogP contribution in [-0.4, -0.2) is 18.9 Å². The van der Waals surface area contributed by atoms with E-state index in [1.54, 1.807) is 0 Å². The summed E-state index contributed by atoms with van der Waals surface area (Å²) in [6.07, 6.45) is 1.22. The van der Waals surface area contributed by atoms with Gasteiger partial charge in [0, 0.05) is 0 Å². The van der Waals surface area contributed by atoms with Gasteiger partial charge in [-0.05, 0) is 19.6 Å². The van der Waals surface area contributed by atoms with E-state index in [0.29, 0.717) is 0 Å². The lowest BCUT2D eigenvalue weighted by molar-refractivity contribution is -0.113. The Bertz CT molecular complexity index is 220. The first-order valence-corrected chi connectivity index (χ1v) is 8.26. The normalized spacial score (nSPS) is 13.3. The molecule has 0 heterocycles. The van der Waals surface area contributed by atoms with Crippen LogP contribution in [0.5, 0.6) is 0 Å². The highest BCUT2D eigenvalue weighted by Crippen LogP contribution is 2.15. The fourth-order valence-corrected chi connectivity index (χ4v) is 1.44. The molecule has 2 nitrogen and oxygen atoms in total. The maximum atomic E-state index is 11.0. The highest BCUT2D eigenvalue weighted by atomic mass is 35.5. The Morgan fingerprint density at radius 3 is 2.15 bits per heavy atom. The van der Waals surface area contributed by atoms with Gasteiger partial charge >= 0.3 is 0 Å². The van der Waals surface area contributed by atoms with Crippen LogP contribution in [0.15, 0.2) is 11.3 Å². The van der Waals surface area contributed by atoms with E-state index in [2.05, 4.69) is 0 Å². The van der Waals surface area contributed by atoms with Crippen LogP contribution in [0.25, 0.3) is 0 Å². The predicted molar refractivity (Wildman–Crippen MR) is 58.9 cm³/mol. The van der Waals surface area contributed by atoms with E-state index in [-0.39, 0.29) is 5.03 Å². The maximum Gasteiger partial charge on any atom is 0.241 e. The van der Waals surface area contributed by atoms with Crippen molar-refractivity contribution in [3.63, 3.8) is 0 Å². The van der Waals surface area contributed by atoms with Crippen molar-refractivity contribution in [2.75, 3.05) is 0 Å². The van der Waals surface area contributed by atoms with Gasteiger partial charge in [0.1, 0.15) is 5.03 Å². The number of ketones is 1. The molecule has 0 radical (unpaired) electrons. The Morgan fingerprint density at radius 2 is 1.85 bits per heavy atom. The van der Waals surface area contributed by atoms with Crippen molar-refractivity contribution in [2.45, 2.75) is 24.5 Å². The summed E-state index contributed by atoms with van der Waals surface area (Å²) in [5.41, 5.74) is 0. The van der Waals surface area contributed by atoms with Gasteiger partial charge in [0.05, 0.1) is 6.26 Å². The van der Waals surface area contributed by atoms with E-state index in [9.17, 15) is 4.79 Å². The molecule has 0 spiro atoms. The lowest BCUT2D eigenvalue weighted by Crippen LogP contribution is -2.22. The van der Waals surface area contributed by atoms with Gasteiger partial charge in [0.25, 0.3) is 0 Å². The topological polar surface area (TPSA) is 26.3 Å². The third-order valence-electron chi connectivity index (χ3n) is 0.950. The molecule has 0 aliphatic heterocycles. The molecule has 0 N–H and O–H groups in total. The smallest absolute Gasteiger partial charge is 0.241 e. The third kappa shape index (κ3) is 6.38. The number of carbonyl (C=O) groups excluding carboxylic acids is 1. The summed E-state index contributed by atoms with van der Waals surface area (Å²) in [7, 11) is -1.70. The monoisotopic (exact) mass is 260 g/mol. The second-order valence-corrected chi connectivity index (χ2v) is 9.32. The van der Waals surface area contributed by atoms with Gasteiger partial charge in [-0.25, -0.2) is 0 Å². The van der Waals surface area contributed by atoms with Crippen LogP contribution in [0, 0.1) is 0 Å². The lowest BCUT2D eigenvalue weighted by atomic mass is 10.4. The van der Waals surface area contributed by atoms with Crippen molar-refractivity contribution in [3.8, 4) is 0 Å². The molecule has 0 aliphatic carbocycles. The second kappa shape index (κ2) is 5.25.